The number of benzene rings is 1. The second-order valence-electron chi connectivity index (χ2n) is 8.29. The monoisotopic (exact) mass is 394 g/mol. The van der Waals surface area contributed by atoms with E-state index >= 15 is 0 Å². The van der Waals surface area contributed by atoms with E-state index < -0.39 is 0 Å². The van der Waals surface area contributed by atoms with Crippen LogP contribution < -0.4 is 0 Å². The summed E-state index contributed by atoms with van der Waals surface area (Å²) in [6, 6.07) is 11.3. The molecule has 0 amide bonds. The van der Waals surface area contributed by atoms with Crippen molar-refractivity contribution in [3.05, 3.63) is 52.7 Å². The molecule has 0 aliphatic carbocycles. The van der Waals surface area contributed by atoms with Gasteiger partial charge in [0.1, 0.15) is 0 Å². The van der Waals surface area contributed by atoms with E-state index in [0.29, 0.717) is 0 Å². The van der Waals surface area contributed by atoms with Gasteiger partial charge in [0.25, 0.3) is 0 Å². The molecular weight excluding hydrogens is 352 g/mol. The molecule has 0 bridgehead atoms. The Balaban J connectivity index is 2.21. The van der Waals surface area contributed by atoms with Crippen molar-refractivity contribution >= 4 is 0 Å². The number of rotatable bonds is 13. The largest absolute Gasteiger partial charge is 0.299 e. The molecule has 1 aromatic heterocycles. The molecule has 2 rings (SSSR count). The lowest BCUT2D eigenvalue weighted by atomic mass is 9.94. The summed E-state index contributed by atoms with van der Waals surface area (Å²) in [5.41, 5.74) is 7.88. The van der Waals surface area contributed by atoms with E-state index in [1.54, 1.807) is 0 Å². The smallest absolute Gasteiger partial charge is 0.0710 e. The minimum atomic E-state index is 1.03. The highest BCUT2D eigenvalue weighted by molar-refractivity contribution is 5.68. The van der Waals surface area contributed by atoms with Crippen LogP contribution >= 0.6 is 0 Å². The first-order valence-corrected chi connectivity index (χ1v) is 11.9. The molecule has 2 nitrogen and oxygen atoms in total. The van der Waals surface area contributed by atoms with Crippen molar-refractivity contribution in [1.29, 1.82) is 0 Å². The highest BCUT2D eigenvalue weighted by Crippen LogP contribution is 2.28. The molecule has 0 unspecified atom stereocenters. The van der Waals surface area contributed by atoms with Gasteiger partial charge < -0.3 is 0 Å². The summed E-state index contributed by atoms with van der Waals surface area (Å²) in [6.07, 6.45) is 9.93. The van der Waals surface area contributed by atoms with Gasteiger partial charge in [0.2, 0.25) is 0 Å². The minimum Gasteiger partial charge on any atom is -0.299 e. The normalized spacial score (nSPS) is 11.4. The van der Waals surface area contributed by atoms with E-state index in [4.69, 9.17) is 4.98 Å². The maximum absolute atomic E-state index is 5.08. The number of hydrogen-bond acceptors (Lipinski definition) is 2. The highest BCUT2D eigenvalue weighted by atomic mass is 15.1. The fourth-order valence-corrected chi connectivity index (χ4v) is 4.15. The Bertz CT molecular complexity index is 703. The summed E-state index contributed by atoms with van der Waals surface area (Å²) in [6.45, 7) is 14.7. The van der Waals surface area contributed by atoms with E-state index in [-0.39, 0.29) is 0 Å². The molecular formula is C27H42N2. The quantitative estimate of drug-likeness (QED) is 0.330. The summed E-state index contributed by atoms with van der Waals surface area (Å²) in [4.78, 5) is 7.73. The van der Waals surface area contributed by atoms with Crippen molar-refractivity contribution in [1.82, 2.24) is 9.88 Å². The van der Waals surface area contributed by atoms with Gasteiger partial charge in [-0.2, -0.15) is 0 Å². The molecule has 1 aromatic carbocycles. The van der Waals surface area contributed by atoms with Crippen LogP contribution in [0.15, 0.2) is 30.3 Å². The Labute approximate surface area is 179 Å². The molecule has 160 valence electrons. The summed E-state index contributed by atoms with van der Waals surface area (Å²) >= 11 is 0. The van der Waals surface area contributed by atoms with Gasteiger partial charge in [-0.3, -0.25) is 9.88 Å². The van der Waals surface area contributed by atoms with Crippen LogP contribution in [-0.4, -0.2) is 23.0 Å². The van der Waals surface area contributed by atoms with Crippen LogP contribution in [0.1, 0.15) is 88.6 Å². The van der Waals surface area contributed by atoms with Crippen molar-refractivity contribution in [3.63, 3.8) is 0 Å². The van der Waals surface area contributed by atoms with Crippen LogP contribution in [0, 0.1) is 6.92 Å². The van der Waals surface area contributed by atoms with Gasteiger partial charge in [0.15, 0.2) is 0 Å². The van der Waals surface area contributed by atoms with Crippen LogP contribution in [0.4, 0.5) is 0 Å². The summed E-state index contributed by atoms with van der Waals surface area (Å²) in [5.74, 6) is 0. The molecule has 0 aliphatic rings. The molecule has 0 saturated carbocycles. The molecule has 0 N–H and O–H groups in total. The molecule has 0 atom stereocenters. The van der Waals surface area contributed by atoms with Gasteiger partial charge >= 0.3 is 0 Å². The van der Waals surface area contributed by atoms with Crippen LogP contribution in [-0.2, 0) is 19.4 Å². The van der Waals surface area contributed by atoms with Gasteiger partial charge in [-0.25, -0.2) is 0 Å². The summed E-state index contributed by atoms with van der Waals surface area (Å²) in [5, 5.41) is 0. The minimum absolute atomic E-state index is 1.03. The Morgan fingerprint density at radius 3 is 1.79 bits per heavy atom. The van der Waals surface area contributed by atoms with Crippen LogP contribution in [0.5, 0.6) is 0 Å². The topological polar surface area (TPSA) is 16.1 Å². The number of nitrogens with zero attached hydrogens (tertiary/aromatic N) is 2. The second-order valence-corrected chi connectivity index (χ2v) is 8.29. The fraction of sp³-hybridized carbons (Fsp3) is 0.593. The molecule has 1 heterocycles. The molecule has 0 aliphatic heterocycles. The van der Waals surface area contributed by atoms with Crippen LogP contribution in [0.3, 0.4) is 0 Å². The zero-order valence-electron chi connectivity index (χ0n) is 19.6. The SMILES string of the molecule is CCCCCN(CCCCC)Cc1ccc(-c2c(CC)cccc2CC)nc1C. The first kappa shape index (κ1) is 23.6. The summed E-state index contributed by atoms with van der Waals surface area (Å²) < 4.78 is 0. The zero-order chi connectivity index (χ0) is 21.1. The Morgan fingerprint density at radius 2 is 1.31 bits per heavy atom. The Kier molecular flexibility index (Phi) is 10.4. The van der Waals surface area contributed by atoms with E-state index in [2.05, 4.69) is 69.9 Å². The first-order valence-electron chi connectivity index (χ1n) is 11.9. The Hall–Kier alpha value is -1.67. The summed E-state index contributed by atoms with van der Waals surface area (Å²) in [7, 11) is 0. The molecule has 0 spiro atoms. The van der Waals surface area contributed by atoms with E-state index in [1.807, 2.05) is 0 Å². The predicted octanol–water partition coefficient (Wildman–Crippen LogP) is 7.36. The third-order valence-electron chi connectivity index (χ3n) is 6.00. The van der Waals surface area contributed by atoms with Crippen molar-refractivity contribution in [2.24, 2.45) is 0 Å². The van der Waals surface area contributed by atoms with Crippen LogP contribution in [0.25, 0.3) is 11.3 Å². The number of hydrogen-bond donors (Lipinski definition) is 0. The van der Waals surface area contributed by atoms with Crippen molar-refractivity contribution in [2.45, 2.75) is 92.5 Å². The molecule has 29 heavy (non-hydrogen) atoms. The van der Waals surface area contributed by atoms with Crippen LogP contribution in [0.2, 0.25) is 0 Å². The lowest BCUT2D eigenvalue weighted by Gasteiger charge is -2.23. The number of pyridine rings is 1. The Morgan fingerprint density at radius 1 is 0.724 bits per heavy atom. The van der Waals surface area contributed by atoms with E-state index in [1.165, 1.54) is 79.6 Å². The van der Waals surface area contributed by atoms with Gasteiger partial charge in [0, 0.05) is 17.8 Å². The molecule has 0 radical (unpaired) electrons. The average molecular weight is 395 g/mol. The third-order valence-corrected chi connectivity index (χ3v) is 6.00. The van der Waals surface area contributed by atoms with Gasteiger partial charge in [-0.05, 0) is 68.5 Å². The lowest BCUT2D eigenvalue weighted by Crippen LogP contribution is -2.26. The molecule has 2 heteroatoms. The number of aryl methyl sites for hydroxylation is 3. The standard InChI is InChI=1S/C27H42N2/c1-6-10-12-19-29(20-13-11-7-2)21-25-17-18-26(28-22(25)5)27-23(8-3)15-14-16-24(27)9-4/h14-18H,6-13,19-21H2,1-5H3. The molecule has 2 aromatic rings. The lowest BCUT2D eigenvalue weighted by molar-refractivity contribution is 0.253. The zero-order valence-corrected chi connectivity index (χ0v) is 19.6. The van der Waals surface area contributed by atoms with E-state index in [0.717, 1.165) is 25.1 Å². The maximum atomic E-state index is 5.08. The third kappa shape index (κ3) is 6.96. The number of unbranched alkanes of at least 4 members (excludes halogenated alkanes) is 4. The second kappa shape index (κ2) is 12.8. The highest BCUT2D eigenvalue weighted by Gasteiger charge is 2.13. The van der Waals surface area contributed by atoms with Gasteiger partial charge in [-0.15, -0.1) is 0 Å². The van der Waals surface area contributed by atoms with Gasteiger partial charge in [-0.1, -0.05) is 77.6 Å². The van der Waals surface area contributed by atoms with E-state index in [9.17, 15) is 0 Å². The predicted molar refractivity (Wildman–Crippen MR) is 127 cm³/mol. The van der Waals surface area contributed by atoms with Crippen molar-refractivity contribution in [2.75, 3.05) is 13.1 Å². The number of aromatic nitrogens is 1. The first-order chi connectivity index (χ1) is 14.1. The molecule has 0 saturated heterocycles. The fourth-order valence-electron chi connectivity index (χ4n) is 4.15. The van der Waals surface area contributed by atoms with Crippen molar-refractivity contribution < 1.29 is 0 Å². The molecule has 0 fully saturated rings. The van der Waals surface area contributed by atoms with Crippen molar-refractivity contribution in [3.8, 4) is 11.3 Å². The average Bonchev–Trinajstić information content (AvgIpc) is 2.74. The van der Waals surface area contributed by atoms with Gasteiger partial charge in [0.05, 0.1) is 5.69 Å². The maximum Gasteiger partial charge on any atom is 0.0710 e.